The first-order valence-electron chi connectivity index (χ1n) is 19.5. The van der Waals surface area contributed by atoms with Crippen molar-refractivity contribution in [3.8, 4) is 12.1 Å². The van der Waals surface area contributed by atoms with Crippen molar-refractivity contribution in [2.24, 2.45) is 0 Å². The molecule has 8 rings (SSSR count). The molecule has 0 unspecified atom stereocenters. The number of aliphatic carboxylic acids is 2. The fourth-order valence-electron chi connectivity index (χ4n) is 7.87. The average Bonchev–Trinajstić information content (AvgIpc) is 3.79. The summed E-state index contributed by atoms with van der Waals surface area (Å²) in [6, 6.07) is 29.5. The molecule has 312 valence electrons. The number of carbonyl (C=O) groups excluding carboxylic acids is 2. The fraction of sp³-hybridized carbons (Fsp3) is 0.191. The third-order valence-electron chi connectivity index (χ3n) is 10.7. The van der Waals surface area contributed by atoms with Crippen molar-refractivity contribution in [3.05, 3.63) is 148 Å². The Balaban J connectivity index is 0.000000188. The largest absolute Gasteiger partial charge is 0.480 e. The van der Waals surface area contributed by atoms with Crippen LogP contribution in [0.15, 0.2) is 115 Å². The Kier molecular flexibility index (Phi) is 12.1. The van der Waals surface area contributed by atoms with Crippen LogP contribution in [0.2, 0.25) is 0 Å². The maximum absolute atomic E-state index is 13.2. The minimum absolute atomic E-state index is 0.0441. The molecule has 0 saturated carbocycles. The maximum atomic E-state index is 13.2. The van der Waals surface area contributed by atoms with Crippen molar-refractivity contribution in [1.29, 1.82) is 10.5 Å². The van der Waals surface area contributed by atoms with Crippen LogP contribution in [-0.4, -0.2) is 61.1 Å². The third-order valence-corrected chi connectivity index (χ3v) is 10.7. The molecule has 15 heteroatoms. The van der Waals surface area contributed by atoms with Crippen LogP contribution >= 0.6 is 0 Å². The number of hydrogen-bond acceptors (Lipinski definition) is 6. The number of para-hydroxylation sites is 2. The number of rotatable bonds is 8. The summed E-state index contributed by atoms with van der Waals surface area (Å²) in [6.07, 6.45) is 3.42. The van der Waals surface area contributed by atoms with Gasteiger partial charge < -0.3 is 29.1 Å². The quantitative estimate of drug-likeness (QED) is 0.115. The van der Waals surface area contributed by atoms with Gasteiger partial charge in [-0.15, -0.1) is 0 Å². The van der Waals surface area contributed by atoms with Crippen LogP contribution < -0.4 is 4.90 Å². The lowest BCUT2D eigenvalue weighted by Crippen LogP contribution is -2.36. The highest BCUT2D eigenvalue weighted by atomic mass is 19.4. The molecule has 0 aliphatic carbocycles. The first-order chi connectivity index (χ1) is 29.7. The highest BCUT2D eigenvalue weighted by molar-refractivity contribution is 6.12. The number of aromatic nitrogens is 2. The minimum atomic E-state index is -4.55. The molecule has 2 aliphatic heterocycles. The number of nitrogens with zero attached hydrogens (tertiary/aromatic N) is 6. The summed E-state index contributed by atoms with van der Waals surface area (Å²) in [4.78, 5) is 51.5. The van der Waals surface area contributed by atoms with Crippen LogP contribution in [0.25, 0.3) is 34.0 Å². The molecule has 2 aromatic heterocycles. The number of carboxylic acid groups (broad SMARTS) is 2. The van der Waals surface area contributed by atoms with E-state index in [0.717, 1.165) is 35.0 Å². The summed E-state index contributed by atoms with van der Waals surface area (Å²) < 4.78 is 42.8. The molecule has 2 aliphatic rings. The Morgan fingerprint density at radius 3 is 1.74 bits per heavy atom. The molecule has 0 fully saturated rings. The molecular weight excluding hydrogens is 802 g/mol. The molecule has 0 spiro atoms. The monoisotopic (exact) mass is 838 g/mol. The van der Waals surface area contributed by atoms with Crippen LogP contribution in [-0.2, 0) is 57.8 Å². The van der Waals surface area contributed by atoms with E-state index in [1.807, 2.05) is 54.6 Å². The van der Waals surface area contributed by atoms with E-state index in [4.69, 9.17) is 10.2 Å². The lowest BCUT2D eigenvalue weighted by Gasteiger charge is -2.30. The molecule has 0 bridgehead atoms. The number of carbonyl (C=O) groups is 4. The van der Waals surface area contributed by atoms with Crippen molar-refractivity contribution in [1.82, 2.24) is 14.0 Å². The van der Waals surface area contributed by atoms with Crippen LogP contribution in [0.1, 0.15) is 39.8 Å². The Labute approximate surface area is 352 Å². The zero-order valence-electron chi connectivity index (χ0n) is 33.0. The summed E-state index contributed by atoms with van der Waals surface area (Å²) in [5.74, 6) is -3.01. The zero-order chi connectivity index (χ0) is 44.1. The number of aryl methyl sites for hydroxylation is 1. The van der Waals surface area contributed by atoms with Crippen LogP contribution in [0.4, 0.5) is 18.9 Å². The van der Waals surface area contributed by atoms with Crippen molar-refractivity contribution in [2.45, 2.75) is 45.1 Å². The van der Waals surface area contributed by atoms with Gasteiger partial charge in [0.25, 0.3) is 11.8 Å². The number of benzene rings is 4. The standard InChI is InChI=1S/C24H18F3N3O3.C23H19N3O3/c25-24(26,27)18-8-7-15-4-3-9-30(21(15)11-18)23(33)16(12-28)10-17-13-29(14-22(31)32)20-6-2-1-5-19(17)20;24-12-18(23(29)25-10-9-16-5-1-2-6-17(16)13-25)11-19-14-26(15-22(27)28)21-8-4-3-7-20(19)21/h1-2,5-8,10-11,13H,3-4,9,14H2,(H,31,32);1-8,11,14H,9-10,13,15H2,(H,27,28). The van der Waals surface area contributed by atoms with Gasteiger partial charge >= 0.3 is 18.1 Å². The number of hydrogen-bond donors (Lipinski definition) is 2. The Bertz CT molecular complexity index is 2910. The highest BCUT2D eigenvalue weighted by Gasteiger charge is 2.34. The van der Waals surface area contributed by atoms with Gasteiger partial charge in [-0.3, -0.25) is 19.2 Å². The normalized spacial score (nSPS) is 14.0. The smallest absolute Gasteiger partial charge is 0.416 e. The Morgan fingerprint density at radius 2 is 1.19 bits per heavy atom. The first-order valence-corrected chi connectivity index (χ1v) is 19.5. The second-order valence-electron chi connectivity index (χ2n) is 14.7. The summed E-state index contributed by atoms with van der Waals surface area (Å²) in [5.41, 5.74) is 4.52. The van der Waals surface area contributed by atoms with E-state index in [2.05, 4.69) is 6.07 Å². The van der Waals surface area contributed by atoms with E-state index in [0.29, 0.717) is 53.5 Å². The van der Waals surface area contributed by atoms with Crippen molar-refractivity contribution >= 4 is 63.4 Å². The summed E-state index contributed by atoms with van der Waals surface area (Å²) in [6.45, 7) is 0.744. The van der Waals surface area contributed by atoms with Gasteiger partial charge in [0.1, 0.15) is 36.4 Å². The van der Waals surface area contributed by atoms with Gasteiger partial charge in [0.05, 0.1) is 5.56 Å². The molecule has 12 nitrogen and oxygen atoms in total. The van der Waals surface area contributed by atoms with Gasteiger partial charge in [-0.05, 0) is 72.4 Å². The molecular formula is C47H37F3N6O6. The summed E-state index contributed by atoms with van der Waals surface area (Å²) in [7, 11) is 0. The summed E-state index contributed by atoms with van der Waals surface area (Å²) >= 11 is 0. The molecule has 6 aromatic rings. The molecule has 0 saturated heterocycles. The number of anilines is 1. The van der Waals surface area contributed by atoms with E-state index >= 15 is 0 Å². The van der Waals surface area contributed by atoms with Crippen LogP contribution in [0, 0.1) is 22.7 Å². The lowest BCUT2D eigenvalue weighted by atomic mass is 9.98. The minimum Gasteiger partial charge on any atom is -0.480 e. The first kappa shape index (κ1) is 42.2. The topological polar surface area (TPSA) is 173 Å². The molecule has 4 heterocycles. The van der Waals surface area contributed by atoms with Gasteiger partial charge in [-0.2, -0.15) is 23.7 Å². The van der Waals surface area contributed by atoms with Gasteiger partial charge in [-0.25, -0.2) is 0 Å². The van der Waals surface area contributed by atoms with E-state index in [-0.39, 0.29) is 42.4 Å². The van der Waals surface area contributed by atoms with Crippen LogP contribution in [0.3, 0.4) is 0 Å². The van der Waals surface area contributed by atoms with Crippen molar-refractivity contribution in [2.75, 3.05) is 18.0 Å². The second kappa shape index (κ2) is 17.7. The number of halogens is 3. The van der Waals surface area contributed by atoms with Crippen LogP contribution in [0.5, 0.6) is 0 Å². The SMILES string of the molecule is N#CC(=Cc1cn(CC(=O)O)c2ccccc12)C(=O)N1CCCc2ccc(C(F)(F)F)cc21.N#CC(=Cc1cn(CC(=O)O)c2ccccc12)C(=O)N1CCc2ccccc2C1. The van der Waals surface area contributed by atoms with Crippen molar-refractivity contribution in [3.63, 3.8) is 0 Å². The number of amides is 2. The molecule has 0 radical (unpaired) electrons. The molecule has 4 aromatic carbocycles. The lowest BCUT2D eigenvalue weighted by molar-refractivity contribution is -0.138. The molecule has 2 amide bonds. The average molecular weight is 839 g/mol. The predicted octanol–water partition coefficient (Wildman–Crippen LogP) is 7.85. The van der Waals surface area contributed by atoms with E-state index in [9.17, 15) is 42.9 Å². The number of fused-ring (bicyclic) bond motifs is 4. The van der Waals surface area contributed by atoms with E-state index in [1.165, 1.54) is 33.4 Å². The van der Waals surface area contributed by atoms with Gasteiger partial charge in [0, 0.05) is 70.6 Å². The number of carboxylic acids is 2. The Hall–Kier alpha value is -7.91. The number of nitriles is 2. The van der Waals surface area contributed by atoms with Gasteiger partial charge in [0.2, 0.25) is 0 Å². The van der Waals surface area contributed by atoms with Crippen molar-refractivity contribution < 1.29 is 42.6 Å². The molecule has 62 heavy (non-hydrogen) atoms. The second-order valence-corrected chi connectivity index (χ2v) is 14.7. The third kappa shape index (κ3) is 8.97. The Morgan fingerprint density at radius 1 is 0.661 bits per heavy atom. The van der Waals surface area contributed by atoms with E-state index < -0.39 is 29.6 Å². The van der Waals surface area contributed by atoms with E-state index in [1.54, 1.807) is 46.0 Å². The predicted molar refractivity (Wildman–Crippen MR) is 224 cm³/mol. The summed E-state index contributed by atoms with van der Waals surface area (Å²) in [5, 5.41) is 39.1. The fourth-order valence-corrected chi connectivity index (χ4v) is 7.87. The molecule has 0 atom stereocenters. The number of alkyl halides is 3. The maximum Gasteiger partial charge on any atom is 0.416 e. The van der Waals surface area contributed by atoms with Gasteiger partial charge in [-0.1, -0.05) is 66.7 Å². The molecule has 2 N–H and O–H groups in total. The van der Waals surface area contributed by atoms with Gasteiger partial charge in [0.15, 0.2) is 0 Å². The highest BCUT2D eigenvalue weighted by Crippen LogP contribution is 2.36. The zero-order valence-corrected chi connectivity index (χ0v) is 33.0.